The molecular weight excluding hydrogens is 384 g/mol. The summed E-state index contributed by atoms with van der Waals surface area (Å²) < 4.78 is 5.38. The maximum Gasteiger partial charge on any atom is 0.330 e. The van der Waals surface area contributed by atoms with Crippen molar-refractivity contribution in [2.45, 2.75) is 53.1 Å². The second-order valence-corrected chi connectivity index (χ2v) is 8.41. The molecule has 3 rings (SSSR count). The van der Waals surface area contributed by atoms with Gasteiger partial charge in [0, 0.05) is 30.9 Å². The first-order chi connectivity index (χ1) is 14.3. The molecule has 1 fully saturated rings. The van der Waals surface area contributed by atoms with E-state index in [0.717, 1.165) is 19.4 Å². The highest BCUT2D eigenvalue weighted by molar-refractivity contribution is 5.75. The third-order valence-corrected chi connectivity index (χ3v) is 5.10. The van der Waals surface area contributed by atoms with Gasteiger partial charge in [-0.15, -0.1) is 5.06 Å². The van der Waals surface area contributed by atoms with Gasteiger partial charge >= 0.3 is 5.97 Å². The van der Waals surface area contributed by atoms with Crippen molar-refractivity contribution in [3.05, 3.63) is 29.8 Å². The van der Waals surface area contributed by atoms with Crippen molar-refractivity contribution in [3.8, 4) is 17.5 Å². The summed E-state index contributed by atoms with van der Waals surface area (Å²) >= 11 is 0. The van der Waals surface area contributed by atoms with Crippen LogP contribution in [0.3, 0.4) is 0 Å². The molecule has 0 aliphatic carbocycles. The number of pyridine rings is 1. The molecule has 0 saturated carbocycles. The molecule has 9 heteroatoms. The van der Waals surface area contributed by atoms with E-state index in [1.807, 2.05) is 26.8 Å². The Kier molecular flexibility index (Phi) is 6.80. The summed E-state index contributed by atoms with van der Waals surface area (Å²) in [7, 11) is 0. The third kappa shape index (κ3) is 5.40. The molecule has 0 aromatic carbocycles. The number of carbonyl (C=O) groups excluding carboxylic acids is 1. The Morgan fingerprint density at radius 1 is 1.40 bits per heavy atom. The van der Waals surface area contributed by atoms with Crippen molar-refractivity contribution in [2.75, 3.05) is 19.6 Å². The van der Waals surface area contributed by atoms with E-state index >= 15 is 0 Å². The van der Waals surface area contributed by atoms with Crippen molar-refractivity contribution >= 4 is 5.97 Å². The Morgan fingerprint density at radius 3 is 2.77 bits per heavy atom. The maximum atomic E-state index is 12.1. The molecule has 0 atom stereocenters. The van der Waals surface area contributed by atoms with Crippen LogP contribution in [0.5, 0.6) is 0 Å². The van der Waals surface area contributed by atoms with Gasteiger partial charge in [-0.25, -0.2) is 9.78 Å². The fourth-order valence-electron chi connectivity index (χ4n) is 3.29. The molecular formula is C21H28N6O3. The molecule has 2 aromatic rings. The van der Waals surface area contributed by atoms with Gasteiger partial charge in [0.05, 0.1) is 12.0 Å². The Morgan fingerprint density at radius 2 is 2.13 bits per heavy atom. The number of nitrogens with zero attached hydrogens (tertiary/aromatic N) is 6. The lowest BCUT2D eigenvalue weighted by atomic mass is 9.98. The second-order valence-electron chi connectivity index (χ2n) is 8.41. The van der Waals surface area contributed by atoms with Crippen molar-refractivity contribution in [1.82, 2.24) is 25.1 Å². The van der Waals surface area contributed by atoms with E-state index < -0.39 is 5.41 Å². The van der Waals surface area contributed by atoms with Crippen molar-refractivity contribution in [2.24, 2.45) is 5.41 Å². The van der Waals surface area contributed by atoms with Crippen LogP contribution in [0.15, 0.2) is 22.9 Å². The van der Waals surface area contributed by atoms with Gasteiger partial charge in [-0.05, 0) is 52.3 Å². The molecule has 0 unspecified atom stereocenters. The van der Waals surface area contributed by atoms with Crippen LogP contribution in [0.1, 0.15) is 52.1 Å². The van der Waals surface area contributed by atoms with Crippen molar-refractivity contribution < 1.29 is 14.2 Å². The molecule has 0 N–H and O–H groups in total. The minimum atomic E-state index is -0.508. The molecule has 30 heavy (non-hydrogen) atoms. The molecule has 9 nitrogen and oxygen atoms in total. The van der Waals surface area contributed by atoms with E-state index in [4.69, 9.17) is 14.6 Å². The Labute approximate surface area is 176 Å². The topological polar surface area (TPSA) is 108 Å². The van der Waals surface area contributed by atoms with E-state index in [0.29, 0.717) is 48.6 Å². The number of hydroxylamine groups is 2. The molecule has 3 heterocycles. The van der Waals surface area contributed by atoms with E-state index in [2.05, 4.69) is 26.9 Å². The normalized spacial score (nSPS) is 15.9. The van der Waals surface area contributed by atoms with Crippen molar-refractivity contribution in [3.63, 3.8) is 0 Å². The summed E-state index contributed by atoms with van der Waals surface area (Å²) in [6, 6.07) is 5.73. The van der Waals surface area contributed by atoms with Crippen LogP contribution < -0.4 is 0 Å². The Bertz CT molecular complexity index is 906. The molecule has 0 amide bonds. The third-order valence-electron chi connectivity index (χ3n) is 5.10. The molecule has 0 bridgehead atoms. The number of carbonyl (C=O) groups is 1. The zero-order chi connectivity index (χ0) is 21.7. The van der Waals surface area contributed by atoms with Crippen LogP contribution in [0.2, 0.25) is 0 Å². The minimum absolute atomic E-state index is 0.205. The summed E-state index contributed by atoms with van der Waals surface area (Å²) in [6.07, 6.45) is 3.34. The van der Waals surface area contributed by atoms with E-state index in [9.17, 15) is 4.79 Å². The monoisotopic (exact) mass is 412 g/mol. The van der Waals surface area contributed by atoms with E-state index in [-0.39, 0.29) is 5.97 Å². The van der Waals surface area contributed by atoms with Crippen LogP contribution in [0.25, 0.3) is 11.5 Å². The highest BCUT2D eigenvalue weighted by Gasteiger charge is 2.30. The first kappa shape index (κ1) is 21.9. The average Bonchev–Trinajstić information content (AvgIpc) is 3.21. The summed E-state index contributed by atoms with van der Waals surface area (Å²) in [5.74, 6) is 0.774. The van der Waals surface area contributed by atoms with Crippen LogP contribution in [-0.2, 0) is 16.2 Å². The smallest absolute Gasteiger partial charge is 0.330 e. The standard InChI is InChI=1S/C21H28N6O3/c1-5-26(17-7-10-27(11-8-17)30-20(28)21(2,3)4)14-18-24-19(29-25-18)15-6-9-23-16(12-15)13-22/h6,9,12,17H,5,7-8,10-11,14H2,1-4H3. The first-order valence-electron chi connectivity index (χ1n) is 10.2. The highest BCUT2D eigenvalue weighted by Crippen LogP contribution is 2.23. The number of nitriles is 1. The summed E-state index contributed by atoms with van der Waals surface area (Å²) in [4.78, 5) is 28.3. The van der Waals surface area contributed by atoms with Gasteiger partial charge < -0.3 is 9.36 Å². The second kappa shape index (κ2) is 9.32. The van der Waals surface area contributed by atoms with Gasteiger partial charge in [0.25, 0.3) is 5.89 Å². The number of hydrogen-bond acceptors (Lipinski definition) is 9. The molecule has 0 spiro atoms. The summed E-state index contributed by atoms with van der Waals surface area (Å²) in [5, 5.41) is 14.9. The van der Waals surface area contributed by atoms with Crippen LogP contribution in [-0.4, -0.2) is 56.7 Å². The molecule has 1 saturated heterocycles. The van der Waals surface area contributed by atoms with E-state index in [1.165, 1.54) is 0 Å². The quantitative estimate of drug-likeness (QED) is 0.707. The molecule has 1 aliphatic heterocycles. The molecule has 0 radical (unpaired) electrons. The van der Waals surface area contributed by atoms with Gasteiger partial charge in [-0.3, -0.25) is 4.90 Å². The zero-order valence-electron chi connectivity index (χ0n) is 18.0. The maximum absolute atomic E-state index is 12.1. The number of aromatic nitrogens is 3. The van der Waals surface area contributed by atoms with Gasteiger partial charge in [-0.1, -0.05) is 12.1 Å². The lowest BCUT2D eigenvalue weighted by Gasteiger charge is -2.37. The summed E-state index contributed by atoms with van der Waals surface area (Å²) in [6.45, 7) is 10.5. The van der Waals surface area contributed by atoms with Gasteiger partial charge in [0.2, 0.25) is 0 Å². The van der Waals surface area contributed by atoms with E-state index in [1.54, 1.807) is 23.4 Å². The minimum Gasteiger partial charge on any atom is -0.367 e. The average molecular weight is 412 g/mol. The van der Waals surface area contributed by atoms with Gasteiger partial charge in [-0.2, -0.15) is 10.2 Å². The zero-order valence-corrected chi connectivity index (χ0v) is 18.0. The molecule has 160 valence electrons. The fourth-order valence-corrected chi connectivity index (χ4v) is 3.29. The Balaban J connectivity index is 1.57. The largest absolute Gasteiger partial charge is 0.367 e. The predicted molar refractivity (Wildman–Crippen MR) is 108 cm³/mol. The molecule has 1 aliphatic rings. The SMILES string of the molecule is CCN(Cc1noc(-c2ccnc(C#N)c2)n1)C1CCN(OC(=O)C(C)(C)C)CC1. The van der Waals surface area contributed by atoms with Gasteiger partial charge in [0.15, 0.2) is 5.82 Å². The lowest BCUT2D eigenvalue weighted by molar-refractivity contribution is -0.206. The summed E-state index contributed by atoms with van der Waals surface area (Å²) in [5.41, 5.74) is 0.476. The van der Waals surface area contributed by atoms with Crippen LogP contribution >= 0.6 is 0 Å². The number of hydrogen-bond donors (Lipinski definition) is 0. The van der Waals surface area contributed by atoms with Crippen molar-refractivity contribution in [1.29, 1.82) is 5.26 Å². The fraction of sp³-hybridized carbons (Fsp3) is 0.571. The highest BCUT2D eigenvalue weighted by atomic mass is 16.7. The Hall–Kier alpha value is -2.83. The van der Waals surface area contributed by atoms with Crippen LogP contribution in [0, 0.1) is 16.7 Å². The number of piperidine rings is 1. The first-order valence-corrected chi connectivity index (χ1v) is 10.2. The predicted octanol–water partition coefficient (Wildman–Crippen LogP) is 2.79. The van der Waals surface area contributed by atoms with Gasteiger partial charge in [0.1, 0.15) is 11.8 Å². The number of rotatable bonds is 6. The molecule has 2 aromatic heterocycles. The lowest BCUT2D eigenvalue weighted by Crippen LogP contribution is -2.46. The van der Waals surface area contributed by atoms with Crippen LogP contribution in [0.4, 0.5) is 0 Å².